The molecule has 3 heteroatoms. The average molecular weight is 152 g/mol. The molecule has 2 unspecified atom stereocenters. The Morgan fingerprint density at radius 2 is 1.67 bits per heavy atom. The molecule has 0 N–H and O–H groups in total. The molecule has 0 aromatic rings. The van der Waals surface area contributed by atoms with Gasteiger partial charge in [0.1, 0.15) is 12.3 Å². The second-order valence-corrected chi connectivity index (χ2v) is 3.88. The van der Waals surface area contributed by atoms with Crippen molar-refractivity contribution < 1.29 is 8.78 Å². The smallest absolute Gasteiger partial charge is 0.132 e. The molecule has 0 saturated heterocycles. The minimum atomic E-state index is -1.16. The molecule has 1 aliphatic rings. The monoisotopic (exact) mass is 152 g/mol. The number of halogens is 2. The molecule has 0 amide bonds. The second-order valence-electron chi connectivity index (χ2n) is 2.49. The van der Waals surface area contributed by atoms with Gasteiger partial charge in [-0.25, -0.2) is 8.78 Å². The maximum absolute atomic E-state index is 12.4. The number of hydrogen-bond acceptors (Lipinski definition) is 0. The molecule has 0 spiro atoms. The Labute approximate surface area is 55.8 Å². The van der Waals surface area contributed by atoms with Gasteiger partial charge in [-0.1, -0.05) is 0 Å². The van der Waals surface area contributed by atoms with Crippen LogP contribution in [0.15, 0.2) is 0 Å². The summed E-state index contributed by atoms with van der Waals surface area (Å²) in [6.45, 7) is 2.01. The van der Waals surface area contributed by atoms with Gasteiger partial charge < -0.3 is 0 Å². The van der Waals surface area contributed by atoms with E-state index in [1.54, 1.807) is 0 Å². The van der Waals surface area contributed by atoms with Gasteiger partial charge >= 0.3 is 0 Å². The highest BCUT2D eigenvalue weighted by atomic mass is 31.1. The van der Waals surface area contributed by atoms with Gasteiger partial charge in [-0.05, 0) is 25.2 Å². The molecule has 0 radical (unpaired) electrons. The summed E-state index contributed by atoms with van der Waals surface area (Å²) in [7, 11) is 0.703. The van der Waals surface area contributed by atoms with Gasteiger partial charge in [-0.2, -0.15) is 0 Å². The average Bonchev–Trinajstić information content (AvgIpc) is 2.13. The third kappa shape index (κ3) is 1.61. The topological polar surface area (TPSA) is 0 Å². The Kier molecular flexibility index (Phi) is 2.40. The molecule has 1 fully saturated rings. The molecule has 9 heavy (non-hydrogen) atoms. The van der Waals surface area contributed by atoms with Crippen LogP contribution < -0.4 is 0 Å². The van der Waals surface area contributed by atoms with Crippen molar-refractivity contribution in [3.63, 3.8) is 0 Å². The van der Waals surface area contributed by atoms with E-state index in [1.807, 2.05) is 6.66 Å². The number of alkyl halides is 2. The first-order valence-electron chi connectivity index (χ1n) is 3.19. The molecule has 0 heterocycles. The first kappa shape index (κ1) is 7.40. The maximum atomic E-state index is 12.4. The minimum Gasteiger partial charge on any atom is -0.244 e. The molecule has 0 aromatic carbocycles. The van der Waals surface area contributed by atoms with E-state index < -0.39 is 12.3 Å². The SMILES string of the molecule is CPC1C[C@@H](F)[C@@H](F)C1. The fraction of sp³-hybridized carbons (Fsp3) is 1.00. The zero-order valence-electron chi connectivity index (χ0n) is 5.40. The van der Waals surface area contributed by atoms with Crippen molar-refractivity contribution in [3.05, 3.63) is 0 Å². The summed E-state index contributed by atoms with van der Waals surface area (Å²) < 4.78 is 24.8. The Balaban J connectivity index is 2.35. The zero-order chi connectivity index (χ0) is 6.85. The van der Waals surface area contributed by atoms with Crippen molar-refractivity contribution >= 4 is 8.58 Å². The minimum absolute atomic E-state index is 0.329. The first-order valence-corrected chi connectivity index (χ1v) is 4.77. The summed E-state index contributed by atoms with van der Waals surface area (Å²) in [6, 6.07) is 0. The summed E-state index contributed by atoms with van der Waals surface area (Å²) in [5.41, 5.74) is 0.329. The highest BCUT2D eigenvalue weighted by molar-refractivity contribution is 7.37. The van der Waals surface area contributed by atoms with Crippen molar-refractivity contribution in [1.82, 2.24) is 0 Å². The largest absolute Gasteiger partial charge is 0.244 e. The molecule has 0 aromatic heterocycles. The molecule has 0 nitrogen and oxygen atoms in total. The standard InChI is InChI=1S/C6H11F2P/c1-9-4-2-5(7)6(8)3-4/h4-6,9H,2-3H2,1H3/t4?,5-,6+. The van der Waals surface area contributed by atoms with E-state index in [1.165, 1.54) is 0 Å². The van der Waals surface area contributed by atoms with Crippen LogP contribution in [-0.4, -0.2) is 24.7 Å². The Bertz CT molecular complexity index is 87.1. The van der Waals surface area contributed by atoms with Gasteiger partial charge in [0.25, 0.3) is 0 Å². The summed E-state index contributed by atoms with van der Waals surface area (Å²) in [4.78, 5) is 0. The normalized spacial score (nSPS) is 45.0. The van der Waals surface area contributed by atoms with E-state index in [0.717, 1.165) is 0 Å². The van der Waals surface area contributed by atoms with E-state index in [9.17, 15) is 8.78 Å². The second kappa shape index (κ2) is 2.92. The van der Waals surface area contributed by atoms with Crippen LogP contribution in [0.3, 0.4) is 0 Å². The maximum Gasteiger partial charge on any atom is 0.132 e. The van der Waals surface area contributed by atoms with Crippen LogP contribution in [-0.2, 0) is 0 Å². The lowest BCUT2D eigenvalue weighted by Gasteiger charge is -2.00. The molecular weight excluding hydrogens is 141 g/mol. The van der Waals surface area contributed by atoms with E-state index in [0.29, 0.717) is 27.1 Å². The fourth-order valence-electron chi connectivity index (χ4n) is 1.17. The Morgan fingerprint density at radius 1 is 1.22 bits per heavy atom. The molecule has 1 aliphatic carbocycles. The van der Waals surface area contributed by atoms with E-state index in [2.05, 4.69) is 0 Å². The Hall–Kier alpha value is 0.290. The highest BCUT2D eigenvalue weighted by Crippen LogP contribution is 2.35. The molecular formula is C6H11F2P. The van der Waals surface area contributed by atoms with Gasteiger partial charge in [0.05, 0.1) is 0 Å². The fourth-order valence-corrected chi connectivity index (χ4v) is 2.09. The van der Waals surface area contributed by atoms with Gasteiger partial charge in [0.15, 0.2) is 0 Å². The third-order valence-corrected chi connectivity index (χ3v) is 3.11. The van der Waals surface area contributed by atoms with Gasteiger partial charge in [0.2, 0.25) is 0 Å². The van der Waals surface area contributed by atoms with Crippen LogP contribution in [0.2, 0.25) is 0 Å². The predicted molar refractivity (Wildman–Crippen MR) is 37.1 cm³/mol. The summed E-state index contributed by atoms with van der Waals surface area (Å²) >= 11 is 0. The summed E-state index contributed by atoms with van der Waals surface area (Å²) in [5.74, 6) is 0. The predicted octanol–water partition coefficient (Wildman–Crippen LogP) is 2.13. The van der Waals surface area contributed by atoms with Crippen LogP contribution in [0, 0.1) is 0 Å². The summed E-state index contributed by atoms with van der Waals surface area (Å²) in [6.07, 6.45) is -1.42. The summed E-state index contributed by atoms with van der Waals surface area (Å²) in [5, 5.41) is 0. The van der Waals surface area contributed by atoms with E-state index >= 15 is 0 Å². The van der Waals surface area contributed by atoms with Gasteiger partial charge in [-0.15, -0.1) is 8.58 Å². The molecule has 0 bridgehead atoms. The van der Waals surface area contributed by atoms with Crippen LogP contribution in [0.1, 0.15) is 12.8 Å². The van der Waals surface area contributed by atoms with E-state index in [4.69, 9.17) is 0 Å². The van der Waals surface area contributed by atoms with Gasteiger partial charge in [-0.3, -0.25) is 0 Å². The Morgan fingerprint density at radius 3 is 1.89 bits per heavy atom. The highest BCUT2D eigenvalue weighted by Gasteiger charge is 2.33. The molecule has 54 valence electrons. The zero-order valence-corrected chi connectivity index (χ0v) is 6.40. The lowest BCUT2D eigenvalue weighted by molar-refractivity contribution is 0.199. The van der Waals surface area contributed by atoms with Crippen LogP contribution >= 0.6 is 8.58 Å². The van der Waals surface area contributed by atoms with Crippen molar-refractivity contribution in [2.45, 2.75) is 30.8 Å². The molecule has 1 rings (SSSR count). The molecule has 0 aliphatic heterocycles. The third-order valence-electron chi connectivity index (χ3n) is 1.82. The lowest BCUT2D eigenvalue weighted by Crippen LogP contribution is -2.06. The van der Waals surface area contributed by atoms with Crippen molar-refractivity contribution in [2.75, 3.05) is 6.66 Å². The number of hydrogen-bond donors (Lipinski definition) is 0. The van der Waals surface area contributed by atoms with Crippen molar-refractivity contribution in [3.8, 4) is 0 Å². The quantitative estimate of drug-likeness (QED) is 0.505. The van der Waals surface area contributed by atoms with Crippen LogP contribution in [0.25, 0.3) is 0 Å². The molecule has 1 saturated carbocycles. The van der Waals surface area contributed by atoms with Crippen LogP contribution in [0.4, 0.5) is 8.78 Å². The van der Waals surface area contributed by atoms with Crippen molar-refractivity contribution in [2.24, 2.45) is 0 Å². The van der Waals surface area contributed by atoms with Crippen LogP contribution in [0.5, 0.6) is 0 Å². The van der Waals surface area contributed by atoms with Crippen molar-refractivity contribution in [1.29, 1.82) is 0 Å². The van der Waals surface area contributed by atoms with E-state index in [-0.39, 0.29) is 0 Å². The number of rotatable bonds is 1. The lowest BCUT2D eigenvalue weighted by atomic mass is 10.3. The molecule has 4 atom stereocenters. The van der Waals surface area contributed by atoms with Gasteiger partial charge in [0, 0.05) is 0 Å². The first-order chi connectivity index (χ1) is 4.24.